The van der Waals surface area contributed by atoms with Gasteiger partial charge in [0.2, 0.25) is 0 Å². The summed E-state index contributed by atoms with van der Waals surface area (Å²) in [4.78, 5) is 24.0. The summed E-state index contributed by atoms with van der Waals surface area (Å²) in [5.74, 6) is -0.686. The minimum absolute atomic E-state index is 0.0772. The van der Waals surface area contributed by atoms with E-state index in [0.717, 1.165) is 5.56 Å². The van der Waals surface area contributed by atoms with Crippen LogP contribution >= 0.6 is 11.6 Å². The van der Waals surface area contributed by atoms with Crippen LogP contribution in [0.3, 0.4) is 0 Å². The van der Waals surface area contributed by atoms with Crippen LogP contribution in [0.5, 0.6) is 17.2 Å². The number of carbonyl (C=O) groups is 2. The molecular weight excluding hydrogens is 374 g/mol. The number of nitrogens with one attached hydrogen (secondary N) is 1. The molecule has 0 heterocycles. The van der Waals surface area contributed by atoms with Crippen LogP contribution in [-0.4, -0.2) is 37.3 Å². The highest BCUT2D eigenvalue weighted by Crippen LogP contribution is 2.33. The number of anilines is 1. The number of hydrogen-bond donors (Lipinski definition) is 2. The Balaban J connectivity index is 2.24. The minimum Gasteiger partial charge on any atom is -0.493 e. The van der Waals surface area contributed by atoms with Crippen LogP contribution in [0, 0.1) is 6.92 Å². The standard InChI is InChI=1S/C19H20ClNO6/c1-10-7-12(20)5-6-15(10)27-11(2)18(22)21-14-9-17(26-4)16(25-3)8-13(14)19(23)24/h5-9,11H,1-4H3,(H,21,22)(H,23,24)/t11-/m1/s1. The largest absolute Gasteiger partial charge is 0.493 e. The van der Waals surface area contributed by atoms with Crippen molar-refractivity contribution >= 4 is 29.2 Å². The summed E-state index contributed by atoms with van der Waals surface area (Å²) in [6.07, 6.45) is -0.875. The topological polar surface area (TPSA) is 94.1 Å². The second kappa shape index (κ2) is 8.64. The third-order valence-corrected chi connectivity index (χ3v) is 4.06. The van der Waals surface area contributed by atoms with Crippen LogP contribution < -0.4 is 19.5 Å². The maximum absolute atomic E-state index is 12.5. The lowest BCUT2D eigenvalue weighted by Crippen LogP contribution is -2.31. The average molecular weight is 394 g/mol. The lowest BCUT2D eigenvalue weighted by molar-refractivity contribution is -0.122. The van der Waals surface area contributed by atoms with Gasteiger partial charge in [0, 0.05) is 17.2 Å². The molecule has 1 atom stereocenters. The molecule has 0 radical (unpaired) electrons. The fourth-order valence-electron chi connectivity index (χ4n) is 2.38. The average Bonchev–Trinajstić information content (AvgIpc) is 2.63. The molecule has 7 nitrogen and oxygen atoms in total. The summed E-state index contributed by atoms with van der Waals surface area (Å²) in [6.45, 7) is 3.37. The molecule has 0 aromatic heterocycles. The van der Waals surface area contributed by atoms with Crippen molar-refractivity contribution in [3.05, 3.63) is 46.5 Å². The number of aryl methyl sites for hydroxylation is 1. The van der Waals surface area contributed by atoms with E-state index in [4.69, 9.17) is 25.8 Å². The highest BCUT2D eigenvalue weighted by atomic mass is 35.5. The van der Waals surface area contributed by atoms with Crippen molar-refractivity contribution in [2.24, 2.45) is 0 Å². The highest BCUT2D eigenvalue weighted by molar-refractivity contribution is 6.30. The smallest absolute Gasteiger partial charge is 0.337 e. The van der Waals surface area contributed by atoms with Gasteiger partial charge in [0.1, 0.15) is 5.75 Å². The fraction of sp³-hybridized carbons (Fsp3) is 0.263. The number of ether oxygens (including phenoxy) is 3. The minimum atomic E-state index is -1.21. The van der Waals surface area contributed by atoms with Crippen LogP contribution in [0.2, 0.25) is 5.02 Å². The Labute approximate surface area is 161 Å². The van der Waals surface area contributed by atoms with Crippen molar-refractivity contribution in [3.63, 3.8) is 0 Å². The summed E-state index contributed by atoms with van der Waals surface area (Å²) in [5, 5.41) is 12.5. The number of rotatable bonds is 7. The number of hydrogen-bond acceptors (Lipinski definition) is 5. The van der Waals surface area contributed by atoms with E-state index in [2.05, 4.69) is 5.32 Å². The molecule has 2 N–H and O–H groups in total. The van der Waals surface area contributed by atoms with Crippen LogP contribution in [0.15, 0.2) is 30.3 Å². The molecule has 0 aliphatic heterocycles. The summed E-state index contributed by atoms with van der Waals surface area (Å²) < 4.78 is 15.9. The Morgan fingerprint density at radius 1 is 1.07 bits per heavy atom. The van der Waals surface area contributed by atoms with Crippen LogP contribution in [0.25, 0.3) is 0 Å². The van der Waals surface area contributed by atoms with Crippen LogP contribution in [0.1, 0.15) is 22.8 Å². The van der Waals surface area contributed by atoms with Crippen LogP contribution in [0.4, 0.5) is 5.69 Å². The van der Waals surface area contributed by atoms with Gasteiger partial charge in [-0.1, -0.05) is 11.6 Å². The molecule has 0 spiro atoms. The summed E-state index contributed by atoms with van der Waals surface area (Å²) >= 11 is 5.91. The van der Waals surface area contributed by atoms with Gasteiger partial charge in [-0.25, -0.2) is 4.79 Å². The molecule has 0 aliphatic rings. The van der Waals surface area contributed by atoms with Gasteiger partial charge in [-0.3, -0.25) is 4.79 Å². The Kier molecular flexibility index (Phi) is 6.52. The molecule has 0 unspecified atom stereocenters. The van der Waals surface area contributed by atoms with Crippen LogP contribution in [-0.2, 0) is 4.79 Å². The number of amides is 1. The number of carboxylic acid groups (broad SMARTS) is 1. The molecule has 0 aliphatic carbocycles. The number of methoxy groups -OCH3 is 2. The van der Waals surface area contributed by atoms with Gasteiger partial charge in [0.25, 0.3) is 5.91 Å². The predicted octanol–water partition coefficient (Wildman–Crippen LogP) is 3.77. The molecule has 2 rings (SSSR count). The first-order valence-corrected chi connectivity index (χ1v) is 8.37. The van der Waals surface area contributed by atoms with Gasteiger partial charge < -0.3 is 24.6 Å². The fourth-order valence-corrected chi connectivity index (χ4v) is 2.61. The van der Waals surface area contributed by atoms with E-state index in [-0.39, 0.29) is 17.0 Å². The van der Waals surface area contributed by atoms with Crippen molar-refractivity contribution in [2.75, 3.05) is 19.5 Å². The lowest BCUT2D eigenvalue weighted by Gasteiger charge is -2.18. The summed E-state index contributed by atoms with van der Waals surface area (Å²) in [6, 6.07) is 7.72. The number of carboxylic acids is 1. The first-order valence-electron chi connectivity index (χ1n) is 7.99. The summed E-state index contributed by atoms with van der Waals surface area (Å²) in [5.41, 5.74) is 0.726. The van der Waals surface area contributed by atoms with Crippen molar-refractivity contribution in [3.8, 4) is 17.2 Å². The second-order valence-electron chi connectivity index (χ2n) is 5.72. The van der Waals surface area contributed by atoms with E-state index >= 15 is 0 Å². The molecule has 144 valence electrons. The third-order valence-electron chi connectivity index (χ3n) is 3.82. The zero-order valence-corrected chi connectivity index (χ0v) is 16.1. The molecule has 2 aromatic carbocycles. The van der Waals surface area contributed by atoms with E-state index < -0.39 is 18.0 Å². The van der Waals surface area contributed by atoms with Crippen molar-refractivity contribution < 1.29 is 28.9 Å². The SMILES string of the molecule is COc1cc(NC(=O)[C@@H](C)Oc2ccc(Cl)cc2C)c(C(=O)O)cc1OC. The van der Waals surface area contributed by atoms with Crippen molar-refractivity contribution in [1.82, 2.24) is 0 Å². The molecule has 27 heavy (non-hydrogen) atoms. The maximum atomic E-state index is 12.5. The number of aromatic carboxylic acids is 1. The molecule has 2 aromatic rings. The molecule has 1 amide bonds. The van der Waals surface area contributed by atoms with Crippen molar-refractivity contribution in [2.45, 2.75) is 20.0 Å². The number of halogens is 1. The zero-order valence-electron chi connectivity index (χ0n) is 15.3. The van der Waals surface area contributed by atoms with E-state index in [1.807, 2.05) is 6.92 Å². The van der Waals surface area contributed by atoms with Gasteiger partial charge in [-0.15, -0.1) is 0 Å². The highest BCUT2D eigenvalue weighted by Gasteiger charge is 2.21. The van der Waals surface area contributed by atoms with Gasteiger partial charge in [-0.2, -0.15) is 0 Å². The van der Waals surface area contributed by atoms with E-state index in [9.17, 15) is 14.7 Å². The molecule has 8 heteroatoms. The van der Waals surface area contributed by atoms with E-state index in [1.165, 1.54) is 26.4 Å². The van der Waals surface area contributed by atoms with Gasteiger partial charge in [0.05, 0.1) is 25.5 Å². The Bertz CT molecular complexity index is 868. The van der Waals surface area contributed by atoms with E-state index in [1.54, 1.807) is 25.1 Å². The molecule has 0 saturated heterocycles. The number of carbonyl (C=O) groups excluding carboxylic acids is 1. The Hall–Kier alpha value is -2.93. The monoisotopic (exact) mass is 393 g/mol. The zero-order chi connectivity index (χ0) is 20.1. The molecular formula is C19H20ClNO6. The normalized spacial score (nSPS) is 11.4. The van der Waals surface area contributed by atoms with Gasteiger partial charge >= 0.3 is 5.97 Å². The van der Waals surface area contributed by atoms with Gasteiger partial charge in [-0.05, 0) is 37.6 Å². The summed E-state index contributed by atoms with van der Waals surface area (Å²) in [7, 11) is 2.81. The molecule has 0 fully saturated rings. The second-order valence-corrected chi connectivity index (χ2v) is 6.15. The third kappa shape index (κ3) is 4.83. The van der Waals surface area contributed by atoms with Crippen molar-refractivity contribution in [1.29, 1.82) is 0 Å². The maximum Gasteiger partial charge on any atom is 0.337 e. The molecule has 0 bridgehead atoms. The first-order chi connectivity index (χ1) is 12.8. The van der Waals surface area contributed by atoms with E-state index in [0.29, 0.717) is 16.5 Å². The Morgan fingerprint density at radius 2 is 1.70 bits per heavy atom. The quantitative estimate of drug-likeness (QED) is 0.743. The lowest BCUT2D eigenvalue weighted by atomic mass is 10.1. The molecule has 0 saturated carbocycles. The predicted molar refractivity (Wildman–Crippen MR) is 101 cm³/mol. The number of benzene rings is 2. The first kappa shape index (κ1) is 20.4. The Morgan fingerprint density at radius 3 is 2.26 bits per heavy atom. The van der Waals surface area contributed by atoms with Gasteiger partial charge in [0.15, 0.2) is 17.6 Å².